The van der Waals surface area contributed by atoms with Gasteiger partial charge in [0.25, 0.3) is 5.91 Å². The van der Waals surface area contributed by atoms with Crippen LogP contribution < -0.4 is 4.90 Å². The number of amides is 1. The molecule has 1 fully saturated rings. The van der Waals surface area contributed by atoms with Gasteiger partial charge in [0.05, 0.1) is 12.3 Å². The minimum atomic E-state index is -1.12. The first-order valence-electron chi connectivity index (χ1n) is 8.35. The maximum absolute atomic E-state index is 13.1. The van der Waals surface area contributed by atoms with Crippen LogP contribution in [-0.4, -0.2) is 29.7 Å². The fourth-order valence-electron chi connectivity index (χ4n) is 3.02. The van der Waals surface area contributed by atoms with Crippen molar-refractivity contribution < 1.29 is 14.3 Å². The van der Waals surface area contributed by atoms with Crippen molar-refractivity contribution in [2.24, 2.45) is 4.99 Å². The topological polar surface area (TPSA) is 59.0 Å². The van der Waals surface area contributed by atoms with E-state index in [1.54, 1.807) is 26.0 Å². The van der Waals surface area contributed by atoms with Crippen molar-refractivity contribution in [1.82, 2.24) is 0 Å². The first kappa shape index (κ1) is 18.3. The molecular formula is C20H19BrN2O3. The highest BCUT2D eigenvalue weighted by atomic mass is 79.9. The number of hydrogen-bond acceptors (Lipinski definition) is 4. The standard InChI is InChI=1S/C20H19BrN2O3/c1-3-26-19(25)20(2)13-17(22-15-11-9-14(21)10-12-15)18(24)23(20)16-7-5-4-6-8-16/h4-12H,3,13H2,1-2H3. The Kier molecular flexibility index (Phi) is 5.23. The predicted octanol–water partition coefficient (Wildman–Crippen LogP) is 4.28. The van der Waals surface area contributed by atoms with E-state index >= 15 is 0 Å². The zero-order valence-corrected chi connectivity index (χ0v) is 16.2. The molecule has 1 amide bonds. The van der Waals surface area contributed by atoms with Crippen LogP contribution in [0.1, 0.15) is 20.3 Å². The van der Waals surface area contributed by atoms with E-state index in [4.69, 9.17) is 4.74 Å². The summed E-state index contributed by atoms with van der Waals surface area (Å²) in [5.74, 6) is -0.715. The number of carbonyl (C=O) groups is 2. The lowest BCUT2D eigenvalue weighted by Gasteiger charge is -2.32. The van der Waals surface area contributed by atoms with Gasteiger partial charge in [0.1, 0.15) is 11.3 Å². The Labute approximate surface area is 160 Å². The Morgan fingerprint density at radius 2 is 1.85 bits per heavy atom. The number of carbonyl (C=O) groups excluding carboxylic acids is 2. The second kappa shape index (κ2) is 7.41. The number of aliphatic imine (C=N–C) groups is 1. The van der Waals surface area contributed by atoms with E-state index in [9.17, 15) is 9.59 Å². The van der Waals surface area contributed by atoms with E-state index in [-0.39, 0.29) is 18.9 Å². The summed E-state index contributed by atoms with van der Waals surface area (Å²) in [6, 6.07) is 16.5. The smallest absolute Gasteiger partial charge is 0.332 e. The third-order valence-electron chi connectivity index (χ3n) is 4.28. The van der Waals surface area contributed by atoms with Gasteiger partial charge in [-0.2, -0.15) is 0 Å². The van der Waals surface area contributed by atoms with Crippen molar-refractivity contribution in [2.45, 2.75) is 25.8 Å². The van der Waals surface area contributed by atoms with Gasteiger partial charge in [-0.1, -0.05) is 34.1 Å². The molecule has 134 valence electrons. The minimum absolute atomic E-state index is 0.190. The first-order chi connectivity index (χ1) is 12.5. The van der Waals surface area contributed by atoms with E-state index in [1.165, 1.54) is 4.90 Å². The third-order valence-corrected chi connectivity index (χ3v) is 4.80. The zero-order valence-electron chi connectivity index (χ0n) is 14.6. The largest absolute Gasteiger partial charge is 0.464 e. The molecule has 0 aliphatic carbocycles. The molecule has 3 rings (SSSR count). The van der Waals surface area contributed by atoms with E-state index in [0.717, 1.165) is 4.47 Å². The third kappa shape index (κ3) is 3.42. The summed E-state index contributed by atoms with van der Waals surface area (Å²) in [5, 5.41) is 0. The SMILES string of the molecule is CCOC(=O)C1(C)CC(=Nc2ccc(Br)cc2)C(=O)N1c1ccccc1. The minimum Gasteiger partial charge on any atom is -0.464 e. The van der Waals surface area contributed by atoms with E-state index in [2.05, 4.69) is 20.9 Å². The van der Waals surface area contributed by atoms with E-state index in [0.29, 0.717) is 17.1 Å². The predicted molar refractivity (Wildman–Crippen MR) is 105 cm³/mol. The highest BCUT2D eigenvalue weighted by Crippen LogP contribution is 2.36. The Balaban J connectivity index is 2.04. The Hall–Kier alpha value is -2.47. The molecule has 1 heterocycles. The maximum Gasteiger partial charge on any atom is 0.332 e. The molecule has 0 aromatic heterocycles. The van der Waals surface area contributed by atoms with Crippen LogP contribution in [0.2, 0.25) is 0 Å². The second-order valence-electron chi connectivity index (χ2n) is 6.18. The molecule has 1 aliphatic rings. The molecular weight excluding hydrogens is 396 g/mol. The Morgan fingerprint density at radius 1 is 1.19 bits per heavy atom. The average molecular weight is 415 g/mol. The molecule has 1 atom stereocenters. The molecule has 0 bridgehead atoms. The van der Waals surface area contributed by atoms with Gasteiger partial charge >= 0.3 is 5.97 Å². The monoisotopic (exact) mass is 414 g/mol. The summed E-state index contributed by atoms with van der Waals surface area (Å²) in [6.45, 7) is 3.73. The van der Waals surface area contributed by atoms with Gasteiger partial charge in [-0.15, -0.1) is 0 Å². The van der Waals surface area contributed by atoms with Crippen molar-refractivity contribution in [1.29, 1.82) is 0 Å². The highest BCUT2D eigenvalue weighted by Gasteiger charge is 2.52. The van der Waals surface area contributed by atoms with Crippen molar-refractivity contribution in [3.8, 4) is 0 Å². The van der Waals surface area contributed by atoms with Crippen LogP contribution in [0, 0.1) is 0 Å². The van der Waals surface area contributed by atoms with Gasteiger partial charge in [-0.25, -0.2) is 9.79 Å². The fourth-order valence-corrected chi connectivity index (χ4v) is 3.29. The quantitative estimate of drug-likeness (QED) is 0.701. The first-order valence-corrected chi connectivity index (χ1v) is 9.15. The molecule has 1 aliphatic heterocycles. The van der Waals surface area contributed by atoms with E-state index in [1.807, 2.05) is 42.5 Å². The number of benzene rings is 2. The van der Waals surface area contributed by atoms with Crippen LogP contribution in [-0.2, 0) is 14.3 Å². The number of ether oxygens (including phenoxy) is 1. The van der Waals surface area contributed by atoms with Crippen LogP contribution in [0.4, 0.5) is 11.4 Å². The van der Waals surface area contributed by atoms with Crippen molar-refractivity contribution >= 4 is 44.9 Å². The van der Waals surface area contributed by atoms with Crippen molar-refractivity contribution in [3.05, 3.63) is 59.1 Å². The number of esters is 1. The summed E-state index contributed by atoms with van der Waals surface area (Å²) < 4.78 is 6.18. The van der Waals surface area contributed by atoms with E-state index < -0.39 is 11.5 Å². The number of para-hydroxylation sites is 1. The lowest BCUT2D eigenvalue weighted by Crippen LogP contribution is -2.50. The molecule has 0 N–H and O–H groups in total. The van der Waals surface area contributed by atoms with Crippen molar-refractivity contribution in [3.63, 3.8) is 0 Å². The molecule has 1 saturated heterocycles. The fraction of sp³-hybridized carbons (Fsp3) is 0.250. The van der Waals surface area contributed by atoms with Gasteiger partial charge in [-0.05, 0) is 50.2 Å². The lowest BCUT2D eigenvalue weighted by atomic mass is 9.98. The number of anilines is 1. The molecule has 1 unspecified atom stereocenters. The van der Waals surface area contributed by atoms with Gasteiger partial charge in [0.2, 0.25) is 0 Å². The van der Waals surface area contributed by atoms with Crippen LogP contribution in [0.3, 0.4) is 0 Å². The Bertz CT molecular complexity index is 849. The number of nitrogens with zero attached hydrogens (tertiary/aromatic N) is 2. The second-order valence-corrected chi connectivity index (χ2v) is 7.10. The molecule has 2 aromatic carbocycles. The number of halogens is 1. The number of rotatable bonds is 4. The van der Waals surface area contributed by atoms with Gasteiger partial charge < -0.3 is 4.74 Å². The average Bonchev–Trinajstić information content (AvgIpc) is 2.89. The molecule has 26 heavy (non-hydrogen) atoms. The maximum atomic E-state index is 13.1. The summed E-state index contributed by atoms with van der Waals surface area (Å²) in [4.78, 5) is 31.7. The highest BCUT2D eigenvalue weighted by molar-refractivity contribution is 9.10. The molecule has 6 heteroatoms. The van der Waals surface area contributed by atoms with Gasteiger partial charge in [-0.3, -0.25) is 9.69 Å². The summed E-state index contributed by atoms with van der Waals surface area (Å²) in [5.41, 5.74) is 0.529. The molecule has 0 radical (unpaired) electrons. The summed E-state index contributed by atoms with van der Waals surface area (Å²) in [6.07, 6.45) is 0.190. The normalized spacial score (nSPS) is 21.3. The molecule has 2 aromatic rings. The van der Waals surface area contributed by atoms with Crippen LogP contribution in [0.25, 0.3) is 0 Å². The molecule has 0 saturated carbocycles. The molecule has 0 spiro atoms. The van der Waals surface area contributed by atoms with Gasteiger partial charge in [0.15, 0.2) is 0 Å². The van der Waals surface area contributed by atoms with Crippen LogP contribution >= 0.6 is 15.9 Å². The van der Waals surface area contributed by atoms with Crippen LogP contribution in [0.15, 0.2) is 64.1 Å². The van der Waals surface area contributed by atoms with Crippen molar-refractivity contribution in [2.75, 3.05) is 11.5 Å². The zero-order chi connectivity index (χ0) is 18.7. The Morgan fingerprint density at radius 3 is 2.46 bits per heavy atom. The van der Waals surface area contributed by atoms with Gasteiger partial charge in [0, 0.05) is 16.6 Å². The summed E-state index contributed by atoms with van der Waals surface area (Å²) >= 11 is 3.38. The molecule has 5 nitrogen and oxygen atoms in total. The lowest BCUT2D eigenvalue weighted by molar-refractivity contribution is -0.149. The number of hydrogen-bond donors (Lipinski definition) is 0. The van der Waals surface area contributed by atoms with Crippen LogP contribution in [0.5, 0.6) is 0 Å². The summed E-state index contributed by atoms with van der Waals surface area (Å²) in [7, 11) is 0.